The summed E-state index contributed by atoms with van der Waals surface area (Å²) in [5.41, 5.74) is 12.1. The normalized spacial score (nSPS) is 11.6. The topological polar surface area (TPSA) is 16.4 Å². The standard InChI is InChI=1S/C54H35NO/c1-2-12-36(13-3-1)37-26-30-43(31-27-37)55(51-22-9-8-19-47(51)42-29-32-46-41(34-42)25-24-38-14-4-6-18-45(38)46)44-17-10-16-40(35-44)48-21-11-23-52-53(48)50-33-28-39-15-5-7-20-49(39)54(50)56-52/h1-35H. The molecule has 0 spiro atoms. The number of para-hydroxylation sites is 1. The Kier molecular flexibility index (Phi) is 7.53. The van der Waals surface area contributed by atoms with E-state index in [1.165, 1.54) is 43.6 Å². The van der Waals surface area contributed by atoms with Crippen molar-refractivity contribution in [1.82, 2.24) is 0 Å². The molecule has 0 atom stereocenters. The Labute approximate surface area is 325 Å². The highest BCUT2D eigenvalue weighted by Gasteiger charge is 2.20. The Balaban J connectivity index is 1.09. The molecular formula is C54H35NO. The third-order valence-electron chi connectivity index (χ3n) is 11.2. The fourth-order valence-corrected chi connectivity index (χ4v) is 8.56. The molecular weight excluding hydrogens is 679 g/mol. The molecule has 262 valence electrons. The SMILES string of the molecule is c1ccc(-c2ccc(N(c3cccc(-c4cccc5oc6c7ccccc7ccc6c45)c3)c3ccccc3-c3ccc4c(ccc5ccccc54)c3)cc2)cc1. The highest BCUT2D eigenvalue weighted by atomic mass is 16.3. The summed E-state index contributed by atoms with van der Waals surface area (Å²) in [4.78, 5) is 2.40. The van der Waals surface area contributed by atoms with Crippen LogP contribution in [0.3, 0.4) is 0 Å². The zero-order chi connectivity index (χ0) is 37.0. The van der Waals surface area contributed by atoms with Gasteiger partial charge in [-0.15, -0.1) is 0 Å². The van der Waals surface area contributed by atoms with E-state index in [0.717, 1.165) is 61.1 Å². The number of hydrogen-bond donors (Lipinski definition) is 0. The Morgan fingerprint density at radius 1 is 0.321 bits per heavy atom. The van der Waals surface area contributed by atoms with Gasteiger partial charge in [0, 0.05) is 33.1 Å². The number of anilines is 3. The number of benzene rings is 10. The molecule has 0 aliphatic heterocycles. The second-order valence-electron chi connectivity index (χ2n) is 14.5. The average Bonchev–Trinajstić information content (AvgIpc) is 3.67. The van der Waals surface area contributed by atoms with Crippen LogP contribution in [0.2, 0.25) is 0 Å². The lowest BCUT2D eigenvalue weighted by Crippen LogP contribution is -2.11. The zero-order valence-electron chi connectivity index (χ0n) is 30.6. The Morgan fingerprint density at radius 3 is 1.79 bits per heavy atom. The molecule has 0 fully saturated rings. The summed E-state index contributed by atoms with van der Waals surface area (Å²) in [5.74, 6) is 0. The summed E-state index contributed by atoms with van der Waals surface area (Å²) in [5, 5.41) is 9.58. The number of hydrogen-bond acceptors (Lipinski definition) is 2. The second-order valence-corrected chi connectivity index (χ2v) is 14.5. The van der Waals surface area contributed by atoms with Crippen LogP contribution in [0.25, 0.3) is 87.6 Å². The van der Waals surface area contributed by atoms with Crippen molar-refractivity contribution in [2.24, 2.45) is 0 Å². The third kappa shape index (κ3) is 5.34. The molecule has 0 aliphatic rings. The van der Waals surface area contributed by atoms with Crippen LogP contribution in [-0.4, -0.2) is 0 Å². The monoisotopic (exact) mass is 713 g/mol. The van der Waals surface area contributed by atoms with E-state index in [4.69, 9.17) is 4.42 Å². The van der Waals surface area contributed by atoms with Crippen molar-refractivity contribution in [2.75, 3.05) is 4.90 Å². The van der Waals surface area contributed by atoms with Gasteiger partial charge >= 0.3 is 0 Å². The maximum Gasteiger partial charge on any atom is 0.143 e. The van der Waals surface area contributed by atoms with Gasteiger partial charge in [0.05, 0.1) is 5.69 Å². The van der Waals surface area contributed by atoms with Gasteiger partial charge in [-0.25, -0.2) is 0 Å². The minimum Gasteiger partial charge on any atom is -0.455 e. The summed E-state index contributed by atoms with van der Waals surface area (Å²) >= 11 is 0. The van der Waals surface area contributed by atoms with Gasteiger partial charge in [0.2, 0.25) is 0 Å². The van der Waals surface area contributed by atoms with Crippen LogP contribution >= 0.6 is 0 Å². The van der Waals surface area contributed by atoms with Crippen LogP contribution in [0.5, 0.6) is 0 Å². The third-order valence-corrected chi connectivity index (χ3v) is 11.2. The van der Waals surface area contributed by atoms with E-state index in [1.807, 2.05) is 0 Å². The first kappa shape index (κ1) is 32.0. The molecule has 2 nitrogen and oxygen atoms in total. The predicted octanol–water partition coefficient (Wildman–Crippen LogP) is 15.5. The Morgan fingerprint density at radius 2 is 0.911 bits per heavy atom. The zero-order valence-corrected chi connectivity index (χ0v) is 30.6. The second kappa shape index (κ2) is 13.2. The van der Waals surface area contributed by atoms with Crippen LogP contribution in [0.15, 0.2) is 217 Å². The van der Waals surface area contributed by atoms with E-state index >= 15 is 0 Å². The van der Waals surface area contributed by atoms with Crippen LogP contribution in [-0.2, 0) is 0 Å². The molecule has 0 saturated heterocycles. The fraction of sp³-hybridized carbons (Fsp3) is 0. The molecule has 11 aromatic rings. The molecule has 0 unspecified atom stereocenters. The lowest BCUT2D eigenvalue weighted by molar-refractivity contribution is 0.673. The fourth-order valence-electron chi connectivity index (χ4n) is 8.56. The lowest BCUT2D eigenvalue weighted by atomic mass is 9.95. The molecule has 11 rings (SSSR count). The molecule has 0 radical (unpaired) electrons. The van der Waals surface area contributed by atoms with Crippen molar-refractivity contribution in [3.05, 3.63) is 212 Å². The minimum absolute atomic E-state index is 0.891. The first-order valence-electron chi connectivity index (χ1n) is 19.2. The number of nitrogens with zero attached hydrogens (tertiary/aromatic N) is 1. The van der Waals surface area contributed by atoms with E-state index in [2.05, 4.69) is 217 Å². The van der Waals surface area contributed by atoms with Gasteiger partial charge in [-0.3, -0.25) is 0 Å². The van der Waals surface area contributed by atoms with E-state index in [0.29, 0.717) is 0 Å². The molecule has 1 aromatic heterocycles. The number of furan rings is 1. The molecule has 2 heteroatoms. The molecule has 0 aliphatic carbocycles. The van der Waals surface area contributed by atoms with Crippen molar-refractivity contribution in [2.45, 2.75) is 0 Å². The van der Waals surface area contributed by atoms with Crippen molar-refractivity contribution in [3.8, 4) is 33.4 Å². The van der Waals surface area contributed by atoms with Gasteiger partial charge in [-0.1, -0.05) is 164 Å². The quantitative estimate of drug-likeness (QED) is 0.160. The molecule has 10 aromatic carbocycles. The van der Waals surface area contributed by atoms with Gasteiger partial charge in [-0.2, -0.15) is 0 Å². The summed E-state index contributed by atoms with van der Waals surface area (Å²) in [6.07, 6.45) is 0. The van der Waals surface area contributed by atoms with Crippen molar-refractivity contribution in [3.63, 3.8) is 0 Å². The Hall–Kier alpha value is -7.42. The van der Waals surface area contributed by atoms with Crippen LogP contribution in [0.4, 0.5) is 17.1 Å². The molecule has 1 heterocycles. The Bertz CT molecular complexity index is 3250. The first-order chi connectivity index (χ1) is 27.8. The van der Waals surface area contributed by atoms with Crippen LogP contribution < -0.4 is 4.90 Å². The number of fused-ring (bicyclic) bond motifs is 8. The molecule has 56 heavy (non-hydrogen) atoms. The van der Waals surface area contributed by atoms with E-state index < -0.39 is 0 Å². The van der Waals surface area contributed by atoms with Crippen LogP contribution in [0, 0.1) is 0 Å². The average molecular weight is 714 g/mol. The molecule has 0 amide bonds. The highest BCUT2D eigenvalue weighted by Crippen LogP contribution is 2.45. The van der Waals surface area contributed by atoms with Crippen molar-refractivity contribution >= 4 is 71.3 Å². The summed E-state index contributed by atoms with van der Waals surface area (Å²) in [6, 6.07) is 76.5. The lowest BCUT2D eigenvalue weighted by Gasteiger charge is -2.28. The predicted molar refractivity (Wildman–Crippen MR) is 237 cm³/mol. The van der Waals surface area contributed by atoms with E-state index in [-0.39, 0.29) is 0 Å². The van der Waals surface area contributed by atoms with E-state index in [9.17, 15) is 0 Å². The smallest absolute Gasteiger partial charge is 0.143 e. The van der Waals surface area contributed by atoms with Gasteiger partial charge in [0.25, 0.3) is 0 Å². The summed E-state index contributed by atoms with van der Waals surface area (Å²) in [7, 11) is 0. The van der Waals surface area contributed by atoms with Gasteiger partial charge in [0.15, 0.2) is 0 Å². The van der Waals surface area contributed by atoms with Crippen molar-refractivity contribution < 1.29 is 4.42 Å². The van der Waals surface area contributed by atoms with E-state index in [1.54, 1.807) is 0 Å². The van der Waals surface area contributed by atoms with Crippen LogP contribution in [0.1, 0.15) is 0 Å². The van der Waals surface area contributed by atoms with Crippen molar-refractivity contribution in [1.29, 1.82) is 0 Å². The maximum atomic E-state index is 6.60. The molecule has 0 saturated carbocycles. The largest absolute Gasteiger partial charge is 0.455 e. The summed E-state index contributed by atoms with van der Waals surface area (Å²) < 4.78 is 6.60. The van der Waals surface area contributed by atoms with Gasteiger partial charge in [-0.05, 0) is 103 Å². The highest BCUT2D eigenvalue weighted by molar-refractivity contribution is 6.19. The van der Waals surface area contributed by atoms with Gasteiger partial charge in [0.1, 0.15) is 11.2 Å². The summed E-state index contributed by atoms with van der Waals surface area (Å²) in [6.45, 7) is 0. The number of rotatable bonds is 6. The van der Waals surface area contributed by atoms with Gasteiger partial charge < -0.3 is 9.32 Å². The maximum absolute atomic E-state index is 6.60. The molecule has 0 N–H and O–H groups in total. The minimum atomic E-state index is 0.891. The molecule has 0 bridgehead atoms. The first-order valence-corrected chi connectivity index (χ1v) is 19.2.